The Labute approximate surface area is 119 Å². The van der Waals surface area contributed by atoms with Gasteiger partial charge in [-0.3, -0.25) is 0 Å². The topological polar surface area (TPSA) is 45.2 Å². The van der Waals surface area contributed by atoms with Crippen molar-refractivity contribution in [2.24, 2.45) is 0 Å². The van der Waals surface area contributed by atoms with Crippen LogP contribution in [0.1, 0.15) is 38.5 Å². The van der Waals surface area contributed by atoms with Gasteiger partial charge in [0.25, 0.3) is 0 Å². The molecule has 2 fully saturated rings. The van der Waals surface area contributed by atoms with Crippen LogP contribution in [0, 0.1) is 0 Å². The molecule has 1 aromatic heterocycles. The maximum Gasteiger partial charge on any atom is 0.231 e. The highest BCUT2D eigenvalue weighted by atomic mass is 35.5. The molecule has 0 spiro atoms. The monoisotopic (exact) mass is 281 g/mol. The number of hydrogen-bond acceptors (Lipinski definition) is 5. The second kappa shape index (κ2) is 5.90. The molecule has 0 radical (unpaired) electrons. The summed E-state index contributed by atoms with van der Waals surface area (Å²) in [5.41, 5.74) is 0. The van der Waals surface area contributed by atoms with E-state index in [4.69, 9.17) is 11.6 Å². The van der Waals surface area contributed by atoms with Crippen LogP contribution in [0.4, 0.5) is 11.9 Å². The summed E-state index contributed by atoms with van der Waals surface area (Å²) < 4.78 is 0. The van der Waals surface area contributed by atoms with Crippen LogP contribution < -0.4 is 9.80 Å². The molecule has 0 N–H and O–H groups in total. The summed E-state index contributed by atoms with van der Waals surface area (Å²) in [4.78, 5) is 17.7. The van der Waals surface area contributed by atoms with E-state index in [1.807, 2.05) is 0 Å². The van der Waals surface area contributed by atoms with Crippen LogP contribution in [0.3, 0.4) is 0 Å². The lowest BCUT2D eigenvalue weighted by Gasteiger charge is -2.22. The number of aromatic nitrogens is 3. The van der Waals surface area contributed by atoms with Gasteiger partial charge in [-0.05, 0) is 37.3 Å². The highest BCUT2D eigenvalue weighted by molar-refractivity contribution is 6.28. The van der Waals surface area contributed by atoms with E-state index in [1.54, 1.807) is 0 Å². The quantitative estimate of drug-likeness (QED) is 0.833. The van der Waals surface area contributed by atoms with E-state index < -0.39 is 0 Å². The smallest absolute Gasteiger partial charge is 0.231 e. The minimum Gasteiger partial charge on any atom is -0.341 e. The molecule has 0 saturated carbocycles. The van der Waals surface area contributed by atoms with Gasteiger partial charge in [0, 0.05) is 26.2 Å². The summed E-state index contributed by atoms with van der Waals surface area (Å²) >= 11 is 6.07. The summed E-state index contributed by atoms with van der Waals surface area (Å²) in [5.74, 6) is 1.50. The van der Waals surface area contributed by atoms with Gasteiger partial charge in [-0.15, -0.1) is 0 Å². The molecule has 0 unspecified atom stereocenters. The Morgan fingerprint density at radius 2 is 1.05 bits per heavy atom. The average Bonchev–Trinajstić information content (AvgIpc) is 2.81. The van der Waals surface area contributed by atoms with E-state index in [0.717, 1.165) is 38.1 Å². The highest BCUT2D eigenvalue weighted by Gasteiger charge is 2.19. The molecule has 6 heteroatoms. The Morgan fingerprint density at radius 3 is 1.53 bits per heavy atom. The standard InChI is InChI=1S/C13H20ClN5/c14-11-15-12(18-7-3-1-2-4-8-18)17-13(16-11)19-9-5-6-10-19/h1-10H2. The third kappa shape index (κ3) is 3.08. The first kappa shape index (κ1) is 12.9. The largest absolute Gasteiger partial charge is 0.341 e. The van der Waals surface area contributed by atoms with E-state index in [1.165, 1.54) is 38.5 Å². The molecule has 0 aromatic carbocycles. The number of rotatable bonds is 2. The SMILES string of the molecule is Clc1nc(N2CCCCCC2)nc(N2CCCC2)n1. The molecule has 5 nitrogen and oxygen atoms in total. The Balaban J connectivity index is 1.83. The summed E-state index contributed by atoms with van der Waals surface area (Å²) in [7, 11) is 0. The third-order valence-electron chi connectivity index (χ3n) is 3.86. The van der Waals surface area contributed by atoms with Crippen LogP contribution in [-0.2, 0) is 0 Å². The Kier molecular flexibility index (Phi) is 4.01. The lowest BCUT2D eigenvalue weighted by Crippen LogP contribution is -2.28. The molecule has 3 heterocycles. The molecular weight excluding hydrogens is 262 g/mol. The summed E-state index contributed by atoms with van der Waals surface area (Å²) in [5, 5.41) is 0.316. The maximum absolute atomic E-state index is 6.07. The lowest BCUT2D eigenvalue weighted by molar-refractivity contribution is 0.726. The van der Waals surface area contributed by atoms with Crippen molar-refractivity contribution in [3.63, 3.8) is 0 Å². The van der Waals surface area contributed by atoms with Crippen LogP contribution in [-0.4, -0.2) is 41.1 Å². The first-order valence-electron chi connectivity index (χ1n) is 7.24. The van der Waals surface area contributed by atoms with E-state index in [2.05, 4.69) is 24.8 Å². The summed E-state index contributed by atoms with van der Waals surface area (Å²) in [6.07, 6.45) is 7.44. The molecule has 0 bridgehead atoms. The van der Waals surface area contributed by atoms with Crippen molar-refractivity contribution >= 4 is 23.5 Å². The second-order valence-electron chi connectivity index (χ2n) is 5.30. The van der Waals surface area contributed by atoms with E-state index in [0.29, 0.717) is 5.28 Å². The Morgan fingerprint density at radius 1 is 0.632 bits per heavy atom. The van der Waals surface area contributed by atoms with Crippen molar-refractivity contribution in [2.75, 3.05) is 36.0 Å². The minimum absolute atomic E-state index is 0.316. The van der Waals surface area contributed by atoms with Crippen molar-refractivity contribution in [3.05, 3.63) is 5.28 Å². The Bertz CT molecular complexity index is 425. The normalized spacial score (nSPS) is 20.7. The Hall–Kier alpha value is -1.10. The van der Waals surface area contributed by atoms with Gasteiger partial charge >= 0.3 is 0 Å². The molecule has 104 valence electrons. The van der Waals surface area contributed by atoms with Crippen molar-refractivity contribution in [2.45, 2.75) is 38.5 Å². The fraction of sp³-hybridized carbons (Fsp3) is 0.769. The van der Waals surface area contributed by atoms with Gasteiger partial charge in [0.15, 0.2) is 0 Å². The number of anilines is 2. The molecule has 0 amide bonds. The van der Waals surface area contributed by atoms with Gasteiger partial charge in [-0.2, -0.15) is 15.0 Å². The molecule has 1 aromatic rings. The zero-order valence-corrected chi connectivity index (χ0v) is 11.9. The van der Waals surface area contributed by atoms with Crippen LogP contribution in [0.25, 0.3) is 0 Å². The highest BCUT2D eigenvalue weighted by Crippen LogP contribution is 2.22. The van der Waals surface area contributed by atoms with Gasteiger partial charge in [-0.1, -0.05) is 12.8 Å². The van der Waals surface area contributed by atoms with Crippen LogP contribution in [0.5, 0.6) is 0 Å². The molecule has 19 heavy (non-hydrogen) atoms. The zero-order chi connectivity index (χ0) is 13.1. The second-order valence-corrected chi connectivity index (χ2v) is 5.64. The molecule has 3 rings (SSSR count). The zero-order valence-electron chi connectivity index (χ0n) is 11.2. The average molecular weight is 282 g/mol. The number of hydrogen-bond donors (Lipinski definition) is 0. The number of nitrogens with zero attached hydrogens (tertiary/aromatic N) is 5. The molecular formula is C13H20ClN5. The molecule has 2 aliphatic heterocycles. The predicted molar refractivity (Wildman–Crippen MR) is 77.0 cm³/mol. The van der Waals surface area contributed by atoms with Crippen molar-refractivity contribution in [1.82, 2.24) is 15.0 Å². The van der Waals surface area contributed by atoms with Crippen molar-refractivity contribution < 1.29 is 0 Å². The van der Waals surface area contributed by atoms with Crippen LogP contribution >= 0.6 is 11.6 Å². The van der Waals surface area contributed by atoms with Gasteiger partial charge in [0.1, 0.15) is 0 Å². The van der Waals surface area contributed by atoms with Gasteiger partial charge in [0.05, 0.1) is 0 Å². The van der Waals surface area contributed by atoms with Crippen molar-refractivity contribution in [3.8, 4) is 0 Å². The first-order chi connectivity index (χ1) is 9.33. The molecule has 2 saturated heterocycles. The molecule has 2 aliphatic rings. The van der Waals surface area contributed by atoms with Gasteiger partial charge < -0.3 is 9.80 Å². The molecule has 0 aliphatic carbocycles. The fourth-order valence-electron chi connectivity index (χ4n) is 2.80. The first-order valence-corrected chi connectivity index (χ1v) is 7.62. The molecule has 0 atom stereocenters. The van der Waals surface area contributed by atoms with E-state index in [9.17, 15) is 0 Å². The summed E-state index contributed by atoms with van der Waals surface area (Å²) in [6, 6.07) is 0. The van der Waals surface area contributed by atoms with Gasteiger partial charge in [0.2, 0.25) is 17.2 Å². The van der Waals surface area contributed by atoms with Crippen LogP contribution in [0.2, 0.25) is 5.28 Å². The van der Waals surface area contributed by atoms with Crippen molar-refractivity contribution in [1.29, 1.82) is 0 Å². The summed E-state index contributed by atoms with van der Waals surface area (Å²) in [6.45, 7) is 4.11. The maximum atomic E-state index is 6.07. The lowest BCUT2D eigenvalue weighted by atomic mass is 10.2. The van der Waals surface area contributed by atoms with E-state index >= 15 is 0 Å². The van der Waals surface area contributed by atoms with Crippen LogP contribution in [0.15, 0.2) is 0 Å². The van der Waals surface area contributed by atoms with Gasteiger partial charge in [-0.25, -0.2) is 0 Å². The van der Waals surface area contributed by atoms with E-state index in [-0.39, 0.29) is 0 Å². The fourth-order valence-corrected chi connectivity index (χ4v) is 2.95. The number of halogens is 1. The predicted octanol–water partition coefficient (Wildman–Crippen LogP) is 2.51. The minimum atomic E-state index is 0.316. The third-order valence-corrected chi connectivity index (χ3v) is 4.03.